The van der Waals surface area contributed by atoms with Crippen molar-refractivity contribution >= 4 is 21.4 Å². The van der Waals surface area contributed by atoms with E-state index in [1.165, 1.54) is 0 Å². The van der Waals surface area contributed by atoms with Gasteiger partial charge in [0.1, 0.15) is 5.69 Å². The second-order valence-corrected chi connectivity index (χ2v) is 8.39. The summed E-state index contributed by atoms with van der Waals surface area (Å²) >= 11 is 0. The van der Waals surface area contributed by atoms with E-state index in [0.29, 0.717) is 24.3 Å². The summed E-state index contributed by atoms with van der Waals surface area (Å²) in [4.78, 5) is 16.3. The molecule has 1 atom stereocenters. The van der Waals surface area contributed by atoms with Crippen LogP contribution in [0.15, 0.2) is 48.7 Å². The molecule has 1 unspecified atom stereocenters. The number of hydrogen-bond acceptors (Lipinski definition) is 5. The SMILES string of the molecule is O=C(NCCc1ccccc1)c1cc(NC2CCS(=O)(=O)C2)ccn1. The van der Waals surface area contributed by atoms with E-state index in [2.05, 4.69) is 15.6 Å². The van der Waals surface area contributed by atoms with Gasteiger partial charge < -0.3 is 10.6 Å². The Kier molecular flexibility index (Phi) is 5.33. The minimum atomic E-state index is -2.94. The summed E-state index contributed by atoms with van der Waals surface area (Å²) in [7, 11) is -2.94. The number of benzene rings is 1. The third kappa shape index (κ3) is 5.03. The fourth-order valence-corrected chi connectivity index (χ4v) is 4.52. The standard InChI is InChI=1S/C18H21N3O3S/c22-18(20-9-6-14-4-2-1-3-5-14)17-12-15(7-10-19-17)21-16-8-11-25(23,24)13-16/h1-5,7,10,12,16H,6,8-9,11,13H2,(H,19,21)(H,20,22). The van der Waals surface area contributed by atoms with Crippen molar-refractivity contribution in [3.63, 3.8) is 0 Å². The van der Waals surface area contributed by atoms with E-state index >= 15 is 0 Å². The maximum absolute atomic E-state index is 12.2. The van der Waals surface area contributed by atoms with Crippen LogP contribution in [0.5, 0.6) is 0 Å². The van der Waals surface area contributed by atoms with Gasteiger partial charge in [0, 0.05) is 24.5 Å². The van der Waals surface area contributed by atoms with E-state index in [9.17, 15) is 13.2 Å². The van der Waals surface area contributed by atoms with Crippen LogP contribution in [0, 0.1) is 0 Å². The number of pyridine rings is 1. The zero-order valence-corrected chi connectivity index (χ0v) is 14.6. The van der Waals surface area contributed by atoms with Gasteiger partial charge in [0.25, 0.3) is 5.91 Å². The molecule has 25 heavy (non-hydrogen) atoms. The van der Waals surface area contributed by atoms with Gasteiger partial charge in [-0.05, 0) is 30.5 Å². The number of sulfone groups is 1. The number of hydrogen-bond donors (Lipinski definition) is 2. The number of carbonyl (C=O) groups is 1. The summed E-state index contributed by atoms with van der Waals surface area (Å²) < 4.78 is 23.1. The molecular weight excluding hydrogens is 338 g/mol. The monoisotopic (exact) mass is 359 g/mol. The van der Waals surface area contributed by atoms with Crippen LogP contribution in [0.2, 0.25) is 0 Å². The first-order valence-corrected chi connectivity index (χ1v) is 10.1. The number of aromatic nitrogens is 1. The second-order valence-electron chi connectivity index (χ2n) is 6.17. The molecule has 2 aromatic rings. The molecule has 0 bridgehead atoms. The minimum Gasteiger partial charge on any atom is -0.381 e. The molecule has 132 valence electrons. The number of amides is 1. The first-order chi connectivity index (χ1) is 12.0. The molecule has 1 aliphatic rings. The largest absolute Gasteiger partial charge is 0.381 e. The Hall–Kier alpha value is -2.41. The molecule has 0 aliphatic carbocycles. The van der Waals surface area contributed by atoms with Gasteiger partial charge in [-0.2, -0.15) is 0 Å². The molecule has 1 amide bonds. The Morgan fingerprint density at radius 3 is 2.72 bits per heavy atom. The van der Waals surface area contributed by atoms with Crippen molar-refractivity contribution in [3.8, 4) is 0 Å². The second kappa shape index (κ2) is 7.65. The number of anilines is 1. The Balaban J connectivity index is 1.54. The van der Waals surface area contributed by atoms with Crippen molar-refractivity contribution in [2.45, 2.75) is 18.9 Å². The molecule has 0 saturated carbocycles. The van der Waals surface area contributed by atoms with Gasteiger partial charge in [0.2, 0.25) is 0 Å². The van der Waals surface area contributed by atoms with E-state index in [0.717, 1.165) is 12.0 Å². The van der Waals surface area contributed by atoms with E-state index in [4.69, 9.17) is 0 Å². The molecule has 1 aliphatic heterocycles. The zero-order valence-electron chi connectivity index (χ0n) is 13.8. The van der Waals surface area contributed by atoms with E-state index in [1.807, 2.05) is 30.3 Å². The average molecular weight is 359 g/mol. The van der Waals surface area contributed by atoms with Crippen molar-refractivity contribution in [2.75, 3.05) is 23.4 Å². The highest BCUT2D eigenvalue weighted by Crippen LogP contribution is 2.17. The lowest BCUT2D eigenvalue weighted by molar-refractivity contribution is 0.0949. The summed E-state index contributed by atoms with van der Waals surface area (Å²) in [6, 6.07) is 13.2. The van der Waals surface area contributed by atoms with E-state index in [-0.39, 0.29) is 23.5 Å². The first-order valence-electron chi connectivity index (χ1n) is 8.27. The highest BCUT2D eigenvalue weighted by Gasteiger charge is 2.27. The molecule has 6 nitrogen and oxygen atoms in total. The summed E-state index contributed by atoms with van der Waals surface area (Å²) in [6.07, 6.45) is 2.89. The van der Waals surface area contributed by atoms with Crippen LogP contribution >= 0.6 is 0 Å². The number of nitrogens with zero attached hydrogens (tertiary/aromatic N) is 1. The summed E-state index contributed by atoms with van der Waals surface area (Å²) in [5.74, 6) is 0.106. The number of carbonyl (C=O) groups excluding carboxylic acids is 1. The molecule has 2 heterocycles. The van der Waals surface area contributed by atoms with Crippen molar-refractivity contribution in [2.24, 2.45) is 0 Å². The first kappa shape index (κ1) is 17.4. The third-order valence-electron chi connectivity index (χ3n) is 4.14. The lowest BCUT2D eigenvalue weighted by atomic mass is 10.1. The quantitative estimate of drug-likeness (QED) is 0.819. The number of nitrogens with one attached hydrogen (secondary N) is 2. The molecule has 1 aromatic heterocycles. The number of rotatable bonds is 6. The van der Waals surface area contributed by atoms with Crippen molar-refractivity contribution in [1.82, 2.24) is 10.3 Å². The van der Waals surface area contributed by atoms with Crippen LogP contribution < -0.4 is 10.6 Å². The Bertz CT molecular complexity index is 838. The van der Waals surface area contributed by atoms with E-state index in [1.54, 1.807) is 18.3 Å². The maximum Gasteiger partial charge on any atom is 0.269 e. The van der Waals surface area contributed by atoms with Crippen LogP contribution in [-0.4, -0.2) is 43.4 Å². The Morgan fingerprint density at radius 1 is 1.20 bits per heavy atom. The van der Waals surface area contributed by atoms with Gasteiger partial charge in [-0.1, -0.05) is 30.3 Å². The predicted molar refractivity (Wildman–Crippen MR) is 97.4 cm³/mol. The van der Waals surface area contributed by atoms with Gasteiger partial charge in [-0.15, -0.1) is 0 Å². The van der Waals surface area contributed by atoms with Crippen molar-refractivity contribution < 1.29 is 13.2 Å². The topological polar surface area (TPSA) is 88.2 Å². The zero-order chi connectivity index (χ0) is 17.7. The molecular formula is C18H21N3O3S. The lowest BCUT2D eigenvalue weighted by Crippen LogP contribution is -2.27. The molecule has 1 aromatic carbocycles. The summed E-state index contributed by atoms with van der Waals surface area (Å²) in [6.45, 7) is 0.531. The third-order valence-corrected chi connectivity index (χ3v) is 5.91. The van der Waals surface area contributed by atoms with Gasteiger partial charge in [0.05, 0.1) is 11.5 Å². The highest BCUT2D eigenvalue weighted by molar-refractivity contribution is 7.91. The molecule has 0 radical (unpaired) electrons. The molecule has 7 heteroatoms. The van der Waals surface area contributed by atoms with Crippen molar-refractivity contribution in [3.05, 3.63) is 59.9 Å². The van der Waals surface area contributed by atoms with Gasteiger partial charge >= 0.3 is 0 Å². The smallest absolute Gasteiger partial charge is 0.269 e. The minimum absolute atomic E-state index is 0.110. The van der Waals surface area contributed by atoms with Gasteiger partial charge in [-0.3, -0.25) is 9.78 Å². The summed E-state index contributed by atoms with van der Waals surface area (Å²) in [5.41, 5.74) is 2.19. The average Bonchev–Trinajstić information content (AvgIpc) is 2.94. The Labute approximate surface area is 147 Å². The molecule has 3 rings (SSSR count). The highest BCUT2D eigenvalue weighted by atomic mass is 32.2. The molecule has 2 N–H and O–H groups in total. The normalized spacial score (nSPS) is 18.6. The van der Waals surface area contributed by atoms with Crippen LogP contribution in [0.1, 0.15) is 22.5 Å². The van der Waals surface area contributed by atoms with Crippen LogP contribution in [0.4, 0.5) is 5.69 Å². The maximum atomic E-state index is 12.2. The van der Waals surface area contributed by atoms with Crippen LogP contribution in [0.25, 0.3) is 0 Å². The van der Waals surface area contributed by atoms with Gasteiger partial charge in [-0.25, -0.2) is 8.42 Å². The lowest BCUT2D eigenvalue weighted by Gasteiger charge is -2.13. The summed E-state index contributed by atoms with van der Waals surface area (Å²) in [5, 5.41) is 6.03. The van der Waals surface area contributed by atoms with Gasteiger partial charge in [0.15, 0.2) is 9.84 Å². The fourth-order valence-electron chi connectivity index (χ4n) is 2.84. The van der Waals surface area contributed by atoms with Crippen LogP contribution in [0.3, 0.4) is 0 Å². The fraction of sp³-hybridized carbons (Fsp3) is 0.333. The van der Waals surface area contributed by atoms with E-state index < -0.39 is 9.84 Å². The molecule has 1 saturated heterocycles. The molecule has 0 spiro atoms. The molecule has 1 fully saturated rings. The van der Waals surface area contributed by atoms with Crippen LogP contribution in [-0.2, 0) is 16.3 Å². The van der Waals surface area contributed by atoms with Crippen molar-refractivity contribution in [1.29, 1.82) is 0 Å². The Morgan fingerprint density at radius 2 is 2.00 bits per heavy atom. The predicted octanol–water partition coefficient (Wildman–Crippen LogP) is 1.65.